The van der Waals surface area contributed by atoms with Crippen LogP contribution in [-0.4, -0.2) is 42.5 Å². The zero-order chi connectivity index (χ0) is 17.5. The quantitative estimate of drug-likeness (QED) is 0.616. The highest BCUT2D eigenvalue weighted by atomic mass is 19.1. The van der Waals surface area contributed by atoms with Crippen LogP contribution in [0.1, 0.15) is 24.4 Å². The Hall–Kier alpha value is -2.80. The Kier molecular flexibility index (Phi) is 3.67. The third kappa shape index (κ3) is 2.64. The first-order chi connectivity index (χ1) is 12.8. The van der Waals surface area contributed by atoms with Crippen molar-refractivity contribution in [1.29, 1.82) is 0 Å². The Labute approximate surface area is 149 Å². The molecule has 0 saturated carbocycles. The average molecular weight is 350 g/mol. The molecule has 132 valence electrons. The van der Waals surface area contributed by atoms with Gasteiger partial charge in [-0.05, 0) is 30.5 Å². The minimum Gasteiger partial charge on any atom is -0.346 e. The lowest BCUT2D eigenvalue weighted by atomic mass is 10.0. The molecule has 4 aromatic rings. The van der Waals surface area contributed by atoms with Crippen molar-refractivity contribution >= 4 is 22.1 Å². The zero-order valence-corrected chi connectivity index (χ0v) is 14.3. The molecule has 0 amide bonds. The molecule has 5 rings (SSSR count). The molecule has 5 heterocycles. The Balaban J connectivity index is 1.35. The summed E-state index contributed by atoms with van der Waals surface area (Å²) in [5.41, 5.74) is 3.92. The van der Waals surface area contributed by atoms with E-state index in [9.17, 15) is 4.39 Å². The number of imidazole rings is 1. The second-order valence-electron chi connectivity index (χ2n) is 6.90. The zero-order valence-electron chi connectivity index (χ0n) is 14.3. The van der Waals surface area contributed by atoms with Crippen LogP contribution in [0, 0.1) is 5.82 Å². The molecule has 4 aromatic heterocycles. The Morgan fingerprint density at radius 2 is 2.04 bits per heavy atom. The predicted molar refractivity (Wildman–Crippen MR) is 97.1 cm³/mol. The van der Waals surface area contributed by atoms with Crippen LogP contribution >= 0.6 is 0 Å². The number of nitrogens with zero attached hydrogens (tertiary/aromatic N) is 5. The second kappa shape index (κ2) is 6.17. The van der Waals surface area contributed by atoms with Gasteiger partial charge in [0.15, 0.2) is 0 Å². The van der Waals surface area contributed by atoms with Gasteiger partial charge in [0, 0.05) is 43.5 Å². The molecule has 0 atom stereocenters. The lowest BCUT2D eigenvalue weighted by Crippen LogP contribution is -2.34. The van der Waals surface area contributed by atoms with Crippen LogP contribution in [0.3, 0.4) is 0 Å². The van der Waals surface area contributed by atoms with Crippen molar-refractivity contribution in [2.45, 2.75) is 25.4 Å². The lowest BCUT2D eigenvalue weighted by Gasteiger charge is -2.32. The van der Waals surface area contributed by atoms with Crippen molar-refractivity contribution < 1.29 is 4.39 Å². The normalized spacial score (nSPS) is 16.7. The summed E-state index contributed by atoms with van der Waals surface area (Å²) in [6.07, 6.45) is 10.8. The van der Waals surface area contributed by atoms with Crippen LogP contribution in [0.2, 0.25) is 0 Å². The standard InChI is InChI=1S/C19H19FN6/c20-14-7-13(8-21-9-14)11-25-5-2-15(3-6-25)26-12-24-17-10-23-19-16(18(17)26)1-4-22-19/h1,4,7-10,12,15H,2-3,5-6,11H2,(H,22,23). The summed E-state index contributed by atoms with van der Waals surface area (Å²) in [6.45, 7) is 2.69. The Bertz CT molecular complexity index is 1060. The highest BCUT2D eigenvalue weighted by Gasteiger charge is 2.23. The lowest BCUT2D eigenvalue weighted by molar-refractivity contribution is 0.181. The summed E-state index contributed by atoms with van der Waals surface area (Å²) in [6, 6.07) is 4.05. The molecular weight excluding hydrogens is 331 g/mol. The maximum atomic E-state index is 13.3. The average Bonchev–Trinajstić information content (AvgIpc) is 3.28. The predicted octanol–water partition coefficient (Wildman–Crippen LogP) is 3.28. The number of pyridine rings is 2. The molecule has 26 heavy (non-hydrogen) atoms. The molecule has 0 unspecified atom stereocenters. The van der Waals surface area contributed by atoms with Gasteiger partial charge in [0.05, 0.1) is 24.2 Å². The molecular formula is C19H19FN6. The molecule has 1 aliphatic heterocycles. The number of nitrogens with one attached hydrogen (secondary N) is 1. The highest BCUT2D eigenvalue weighted by molar-refractivity contribution is 6.00. The molecule has 1 N–H and O–H groups in total. The SMILES string of the molecule is Fc1cncc(CN2CCC(n3cnc4cnc5[nH]ccc5c43)CC2)c1. The number of fused-ring (bicyclic) bond motifs is 3. The number of rotatable bonds is 3. The van der Waals surface area contributed by atoms with E-state index in [0.717, 1.165) is 60.1 Å². The van der Waals surface area contributed by atoms with Gasteiger partial charge in [-0.2, -0.15) is 0 Å². The van der Waals surface area contributed by atoms with Crippen LogP contribution in [-0.2, 0) is 6.54 Å². The summed E-state index contributed by atoms with van der Waals surface area (Å²) in [4.78, 5) is 18.4. The van der Waals surface area contributed by atoms with Crippen LogP contribution in [0.15, 0.2) is 43.2 Å². The van der Waals surface area contributed by atoms with E-state index in [1.54, 1.807) is 12.3 Å². The van der Waals surface area contributed by atoms with Crippen molar-refractivity contribution in [2.24, 2.45) is 0 Å². The number of piperidine rings is 1. The van der Waals surface area contributed by atoms with Gasteiger partial charge in [0.1, 0.15) is 17.0 Å². The first-order valence-corrected chi connectivity index (χ1v) is 8.88. The van der Waals surface area contributed by atoms with Gasteiger partial charge < -0.3 is 9.55 Å². The first kappa shape index (κ1) is 15.5. The van der Waals surface area contributed by atoms with Crippen molar-refractivity contribution in [3.63, 3.8) is 0 Å². The maximum Gasteiger partial charge on any atom is 0.141 e. The van der Waals surface area contributed by atoms with Crippen LogP contribution in [0.4, 0.5) is 4.39 Å². The van der Waals surface area contributed by atoms with Crippen molar-refractivity contribution in [1.82, 2.24) is 29.4 Å². The molecule has 0 aromatic carbocycles. The second-order valence-corrected chi connectivity index (χ2v) is 6.90. The largest absolute Gasteiger partial charge is 0.346 e. The van der Waals surface area contributed by atoms with Gasteiger partial charge in [0.2, 0.25) is 0 Å². The molecule has 0 aliphatic carbocycles. The van der Waals surface area contributed by atoms with Crippen LogP contribution < -0.4 is 0 Å². The number of hydrogen-bond acceptors (Lipinski definition) is 4. The number of H-pyrrole nitrogens is 1. The molecule has 0 bridgehead atoms. The van der Waals surface area contributed by atoms with E-state index in [1.807, 2.05) is 18.7 Å². The van der Waals surface area contributed by atoms with Gasteiger partial charge in [-0.15, -0.1) is 0 Å². The van der Waals surface area contributed by atoms with Crippen molar-refractivity contribution in [2.75, 3.05) is 13.1 Å². The van der Waals surface area contributed by atoms with E-state index in [0.29, 0.717) is 6.04 Å². The molecule has 0 radical (unpaired) electrons. The van der Waals surface area contributed by atoms with Gasteiger partial charge in [-0.25, -0.2) is 14.4 Å². The van der Waals surface area contributed by atoms with E-state index in [1.165, 1.54) is 6.20 Å². The fourth-order valence-electron chi connectivity index (χ4n) is 3.96. The minimum absolute atomic E-state index is 0.272. The summed E-state index contributed by atoms with van der Waals surface area (Å²) >= 11 is 0. The summed E-state index contributed by atoms with van der Waals surface area (Å²) in [5, 5.41) is 1.12. The van der Waals surface area contributed by atoms with Gasteiger partial charge in [-0.1, -0.05) is 0 Å². The molecule has 1 aliphatic rings. The molecule has 7 heteroatoms. The van der Waals surface area contributed by atoms with Crippen molar-refractivity contribution in [3.8, 4) is 0 Å². The van der Waals surface area contributed by atoms with E-state index in [2.05, 4.69) is 35.5 Å². The van der Waals surface area contributed by atoms with E-state index >= 15 is 0 Å². The fourth-order valence-corrected chi connectivity index (χ4v) is 3.96. The molecule has 6 nitrogen and oxygen atoms in total. The number of aromatic nitrogens is 5. The van der Waals surface area contributed by atoms with E-state index in [-0.39, 0.29) is 5.82 Å². The summed E-state index contributed by atoms with van der Waals surface area (Å²) in [7, 11) is 0. The number of aromatic amines is 1. The van der Waals surface area contributed by atoms with Crippen LogP contribution in [0.25, 0.3) is 22.1 Å². The minimum atomic E-state index is -0.272. The van der Waals surface area contributed by atoms with Gasteiger partial charge in [0.25, 0.3) is 0 Å². The third-order valence-electron chi connectivity index (χ3n) is 5.24. The van der Waals surface area contributed by atoms with Gasteiger partial charge >= 0.3 is 0 Å². The number of likely N-dealkylation sites (tertiary alicyclic amines) is 1. The van der Waals surface area contributed by atoms with Crippen LogP contribution in [0.5, 0.6) is 0 Å². The Morgan fingerprint density at radius 3 is 2.88 bits per heavy atom. The molecule has 1 fully saturated rings. The highest BCUT2D eigenvalue weighted by Crippen LogP contribution is 2.30. The fraction of sp³-hybridized carbons (Fsp3) is 0.316. The maximum absolute atomic E-state index is 13.3. The smallest absolute Gasteiger partial charge is 0.141 e. The molecule has 1 saturated heterocycles. The van der Waals surface area contributed by atoms with Crippen molar-refractivity contribution in [3.05, 3.63) is 54.6 Å². The Morgan fingerprint density at radius 1 is 1.15 bits per heavy atom. The van der Waals surface area contributed by atoms with E-state index < -0.39 is 0 Å². The van der Waals surface area contributed by atoms with Gasteiger partial charge in [-0.3, -0.25) is 9.88 Å². The monoisotopic (exact) mass is 350 g/mol. The number of halogens is 1. The topological polar surface area (TPSA) is 62.6 Å². The molecule has 0 spiro atoms. The first-order valence-electron chi connectivity index (χ1n) is 8.88. The number of hydrogen-bond donors (Lipinski definition) is 1. The summed E-state index contributed by atoms with van der Waals surface area (Å²) < 4.78 is 15.6. The summed E-state index contributed by atoms with van der Waals surface area (Å²) in [5.74, 6) is -0.272. The third-order valence-corrected chi connectivity index (χ3v) is 5.24. The van der Waals surface area contributed by atoms with E-state index in [4.69, 9.17) is 0 Å².